The van der Waals surface area contributed by atoms with Gasteiger partial charge in [-0.25, -0.2) is 14.6 Å². The van der Waals surface area contributed by atoms with Crippen LogP contribution < -0.4 is 5.32 Å². The van der Waals surface area contributed by atoms with Gasteiger partial charge >= 0.3 is 0 Å². The third-order valence-corrected chi connectivity index (χ3v) is 4.88. The molecule has 26 heavy (non-hydrogen) atoms. The number of hydrogen-bond acceptors (Lipinski definition) is 5. The van der Waals surface area contributed by atoms with Gasteiger partial charge in [0.1, 0.15) is 12.1 Å². The fraction of sp³-hybridized carbons (Fsp3) is 0.450. The molecule has 0 aliphatic carbocycles. The first-order valence-corrected chi connectivity index (χ1v) is 9.13. The second-order valence-corrected chi connectivity index (χ2v) is 7.82. The van der Waals surface area contributed by atoms with E-state index in [1.165, 1.54) is 5.56 Å². The molecule has 4 rings (SSSR count). The molecule has 136 valence electrons. The molecule has 6 nitrogen and oxygen atoms in total. The molecule has 3 aromatic rings. The zero-order valence-electron chi connectivity index (χ0n) is 15.5. The van der Waals surface area contributed by atoms with E-state index >= 15 is 0 Å². The Morgan fingerprint density at radius 1 is 1.19 bits per heavy atom. The lowest BCUT2D eigenvalue weighted by Gasteiger charge is -2.20. The molecule has 2 aromatic heterocycles. The van der Waals surface area contributed by atoms with Crippen LogP contribution in [0.15, 0.2) is 42.9 Å². The van der Waals surface area contributed by atoms with Gasteiger partial charge in [-0.15, -0.1) is 0 Å². The minimum Gasteiger partial charge on any atom is -0.373 e. The van der Waals surface area contributed by atoms with Crippen molar-refractivity contribution in [2.75, 3.05) is 18.5 Å². The van der Waals surface area contributed by atoms with Crippen LogP contribution in [0.5, 0.6) is 0 Å². The predicted molar refractivity (Wildman–Crippen MR) is 102 cm³/mol. The normalized spacial score (nSPS) is 20.6. The Morgan fingerprint density at radius 3 is 2.77 bits per heavy atom. The van der Waals surface area contributed by atoms with Crippen molar-refractivity contribution in [3.8, 4) is 0 Å². The van der Waals surface area contributed by atoms with E-state index in [0.29, 0.717) is 5.92 Å². The zero-order valence-corrected chi connectivity index (χ0v) is 15.5. The predicted octanol–water partition coefficient (Wildman–Crippen LogP) is 3.77. The van der Waals surface area contributed by atoms with Gasteiger partial charge in [0.25, 0.3) is 0 Å². The Balaban J connectivity index is 1.54. The van der Waals surface area contributed by atoms with Crippen LogP contribution in [0.1, 0.15) is 38.9 Å². The molecular weight excluding hydrogens is 326 g/mol. The standard InChI is InChI=1S/C20H25N5O/c1-20(2,3)25-19-16(12-24-25)18(22-13-23-19)21-11-15-9-10-26-17(15)14-7-5-4-6-8-14/h4-8,12-13,15,17H,9-11H2,1-3H3,(H,21,22,23)/t15-,17-/m1/s1. The van der Waals surface area contributed by atoms with Gasteiger partial charge in [0.2, 0.25) is 0 Å². The Labute approximate surface area is 153 Å². The fourth-order valence-electron chi connectivity index (χ4n) is 3.56. The summed E-state index contributed by atoms with van der Waals surface area (Å²) < 4.78 is 7.93. The maximum atomic E-state index is 5.99. The highest BCUT2D eigenvalue weighted by Gasteiger charge is 2.29. The highest BCUT2D eigenvalue weighted by Crippen LogP contribution is 2.35. The molecule has 0 saturated carbocycles. The summed E-state index contributed by atoms with van der Waals surface area (Å²) in [6.45, 7) is 7.97. The highest BCUT2D eigenvalue weighted by molar-refractivity contribution is 5.86. The third-order valence-electron chi connectivity index (χ3n) is 4.88. The van der Waals surface area contributed by atoms with Crippen molar-refractivity contribution in [2.24, 2.45) is 5.92 Å². The monoisotopic (exact) mass is 351 g/mol. The lowest BCUT2D eigenvalue weighted by molar-refractivity contribution is 0.0933. The van der Waals surface area contributed by atoms with Gasteiger partial charge in [0.05, 0.1) is 23.2 Å². The van der Waals surface area contributed by atoms with E-state index in [9.17, 15) is 0 Å². The molecule has 0 spiro atoms. The summed E-state index contributed by atoms with van der Waals surface area (Å²) in [5.74, 6) is 1.25. The molecule has 1 saturated heterocycles. The van der Waals surface area contributed by atoms with E-state index < -0.39 is 0 Å². The second-order valence-electron chi connectivity index (χ2n) is 7.82. The van der Waals surface area contributed by atoms with Crippen LogP contribution >= 0.6 is 0 Å². The van der Waals surface area contributed by atoms with Crippen LogP contribution in [0.3, 0.4) is 0 Å². The molecule has 0 unspecified atom stereocenters. The van der Waals surface area contributed by atoms with Crippen molar-refractivity contribution in [1.29, 1.82) is 0 Å². The van der Waals surface area contributed by atoms with Crippen molar-refractivity contribution in [3.05, 3.63) is 48.4 Å². The molecule has 1 aromatic carbocycles. The van der Waals surface area contributed by atoms with E-state index in [1.54, 1.807) is 6.33 Å². The average molecular weight is 351 g/mol. The molecule has 1 aliphatic rings. The van der Waals surface area contributed by atoms with Crippen LogP contribution in [-0.4, -0.2) is 32.9 Å². The minimum absolute atomic E-state index is 0.120. The summed E-state index contributed by atoms with van der Waals surface area (Å²) in [6, 6.07) is 10.4. The number of nitrogens with one attached hydrogen (secondary N) is 1. The Kier molecular flexibility index (Phi) is 4.36. The van der Waals surface area contributed by atoms with Crippen molar-refractivity contribution < 1.29 is 4.74 Å². The molecular formula is C20H25N5O. The molecule has 1 aliphatic heterocycles. The first kappa shape index (κ1) is 17.0. The van der Waals surface area contributed by atoms with Crippen molar-refractivity contribution in [2.45, 2.75) is 38.8 Å². The van der Waals surface area contributed by atoms with E-state index in [0.717, 1.165) is 36.4 Å². The summed E-state index contributed by atoms with van der Waals surface area (Å²) in [4.78, 5) is 8.88. The van der Waals surface area contributed by atoms with Crippen molar-refractivity contribution in [1.82, 2.24) is 19.7 Å². The first-order valence-electron chi connectivity index (χ1n) is 9.13. The Bertz CT molecular complexity index is 884. The van der Waals surface area contributed by atoms with Crippen LogP contribution in [0, 0.1) is 5.92 Å². The maximum absolute atomic E-state index is 5.99. The molecule has 1 N–H and O–H groups in total. The molecule has 3 heterocycles. The van der Waals surface area contributed by atoms with Crippen molar-refractivity contribution >= 4 is 16.9 Å². The molecule has 0 bridgehead atoms. The summed E-state index contributed by atoms with van der Waals surface area (Å²) in [5.41, 5.74) is 1.98. The highest BCUT2D eigenvalue weighted by atomic mass is 16.5. The van der Waals surface area contributed by atoms with Gasteiger partial charge in [-0.2, -0.15) is 5.10 Å². The number of aromatic nitrogens is 4. The number of anilines is 1. The number of ether oxygens (including phenoxy) is 1. The van der Waals surface area contributed by atoms with Gasteiger partial charge in [-0.1, -0.05) is 30.3 Å². The van der Waals surface area contributed by atoms with E-state index in [4.69, 9.17) is 4.74 Å². The number of rotatable bonds is 4. The Morgan fingerprint density at radius 2 is 2.00 bits per heavy atom. The van der Waals surface area contributed by atoms with Crippen LogP contribution in [-0.2, 0) is 10.3 Å². The SMILES string of the molecule is CC(C)(C)n1ncc2c(NC[C@H]3CCO[C@@H]3c3ccccc3)ncnc21. The lowest BCUT2D eigenvalue weighted by Crippen LogP contribution is -2.23. The van der Waals surface area contributed by atoms with E-state index in [-0.39, 0.29) is 11.6 Å². The van der Waals surface area contributed by atoms with E-state index in [2.05, 4.69) is 65.4 Å². The van der Waals surface area contributed by atoms with Crippen LogP contribution in [0.4, 0.5) is 5.82 Å². The second kappa shape index (κ2) is 6.68. The van der Waals surface area contributed by atoms with Crippen LogP contribution in [0.25, 0.3) is 11.0 Å². The molecule has 0 radical (unpaired) electrons. The molecule has 1 fully saturated rings. The Hall–Kier alpha value is -2.47. The summed E-state index contributed by atoms with van der Waals surface area (Å²) in [7, 11) is 0. The average Bonchev–Trinajstić information content (AvgIpc) is 3.27. The molecule has 6 heteroatoms. The van der Waals surface area contributed by atoms with Gasteiger partial charge < -0.3 is 10.1 Å². The lowest BCUT2D eigenvalue weighted by atomic mass is 9.95. The van der Waals surface area contributed by atoms with E-state index in [1.807, 2.05) is 16.9 Å². The van der Waals surface area contributed by atoms with Gasteiger partial charge in [-0.05, 0) is 32.8 Å². The van der Waals surface area contributed by atoms with Crippen molar-refractivity contribution in [3.63, 3.8) is 0 Å². The summed E-state index contributed by atoms with van der Waals surface area (Å²) in [6.07, 6.45) is 4.64. The van der Waals surface area contributed by atoms with Gasteiger partial charge in [0.15, 0.2) is 5.65 Å². The van der Waals surface area contributed by atoms with Gasteiger partial charge in [-0.3, -0.25) is 0 Å². The quantitative estimate of drug-likeness (QED) is 0.775. The largest absolute Gasteiger partial charge is 0.373 e. The maximum Gasteiger partial charge on any atom is 0.163 e. The number of nitrogens with zero attached hydrogens (tertiary/aromatic N) is 4. The number of benzene rings is 1. The number of fused-ring (bicyclic) bond motifs is 1. The fourth-order valence-corrected chi connectivity index (χ4v) is 3.56. The molecule has 0 amide bonds. The zero-order chi connectivity index (χ0) is 18.1. The smallest absolute Gasteiger partial charge is 0.163 e. The topological polar surface area (TPSA) is 64.9 Å². The third kappa shape index (κ3) is 3.17. The molecule has 2 atom stereocenters. The first-order chi connectivity index (χ1) is 12.5. The van der Waals surface area contributed by atoms with Gasteiger partial charge in [0, 0.05) is 19.1 Å². The summed E-state index contributed by atoms with van der Waals surface area (Å²) in [5, 5.41) is 8.98. The summed E-state index contributed by atoms with van der Waals surface area (Å²) >= 11 is 0. The minimum atomic E-state index is -0.120. The number of hydrogen-bond donors (Lipinski definition) is 1. The van der Waals surface area contributed by atoms with Crippen LogP contribution in [0.2, 0.25) is 0 Å².